The van der Waals surface area contributed by atoms with Crippen LogP contribution in [0.3, 0.4) is 0 Å². The van der Waals surface area contributed by atoms with Gasteiger partial charge in [-0.2, -0.15) is 0 Å². The molecule has 0 unspecified atom stereocenters. The van der Waals surface area contributed by atoms with Crippen molar-refractivity contribution in [2.75, 3.05) is 14.2 Å². The molecule has 2 heterocycles. The topological polar surface area (TPSA) is 35.5 Å². The fourth-order valence-corrected chi connectivity index (χ4v) is 5.37. The summed E-state index contributed by atoms with van der Waals surface area (Å²) in [4.78, 5) is 0. The molecule has 41 heavy (non-hydrogen) atoms. The van der Waals surface area contributed by atoms with E-state index in [-0.39, 0.29) is 0 Å². The Hall–Kier alpha value is -4.90. The van der Waals surface area contributed by atoms with Crippen LogP contribution in [0.1, 0.15) is 22.5 Å². The molecule has 5 nitrogen and oxygen atoms in total. The fourth-order valence-electron chi connectivity index (χ4n) is 5.37. The van der Waals surface area contributed by atoms with Gasteiger partial charge in [-0.3, -0.25) is 0 Å². The lowest BCUT2D eigenvalue weighted by atomic mass is 10.0. The third-order valence-corrected chi connectivity index (χ3v) is 7.78. The van der Waals surface area contributed by atoms with Crippen molar-refractivity contribution in [3.8, 4) is 23.0 Å². The smallest absolute Gasteiger partial charge is 0.193 e. The van der Waals surface area contributed by atoms with Gasteiger partial charge >= 0.3 is 0 Å². The number of hydrogen-bond donors (Lipinski definition) is 0. The Labute approximate surface area is 240 Å². The van der Waals surface area contributed by atoms with Crippen molar-refractivity contribution in [3.63, 3.8) is 0 Å². The highest BCUT2D eigenvalue weighted by Crippen LogP contribution is 2.27. The van der Waals surface area contributed by atoms with E-state index >= 15 is 0 Å². The van der Waals surface area contributed by atoms with Crippen molar-refractivity contribution in [2.24, 2.45) is 14.1 Å². The van der Waals surface area contributed by atoms with E-state index in [2.05, 4.69) is 96.3 Å². The van der Waals surface area contributed by atoms with Gasteiger partial charge in [0, 0.05) is 12.1 Å². The lowest BCUT2D eigenvalue weighted by Gasteiger charge is -2.10. The van der Waals surface area contributed by atoms with Crippen molar-refractivity contribution >= 4 is 21.5 Å². The fraction of sp³-hybridized carbons (Fsp3) is 0.167. The third-order valence-electron chi connectivity index (χ3n) is 7.78. The number of ether oxygens (including phenoxy) is 3. The van der Waals surface area contributed by atoms with Crippen molar-refractivity contribution in [1.82, 2.24) is 0 Å². The normalized spacial score (nSPS) is 11.1. The van der Waals surface area contributed by atoms with Crippen LogP contribution in [0.25, 0.3) is 21.5 Å². The number of rotatable bonds is 8. The van der Waals surface area contributed by atoms with E-state index in [4.69, 9.17) is 14.2 Å². The van der Waals surface area contributed by atoms with E-state index in [1.807, 2.05) is 36.4 Å². The van der Waals surface area contributed by atoms with Crippen LogP contribution in [0.15, 0.2) is 109 Å². The van der Waals surface area contributed by atoms with E-state index in [1.54, 1.807) is 14.2 Å². The van der Waals surface area contributed by atoms with E-state index < -0.39 is 0 Å². The summed E-state index contributed by atoms with van der Waals surface area (Å²) in [5, 5.41) is 4.81. The maximum atomic E-state index is 6.19. The minimum atomic E-state index is 0.813. The summed E-state index contributed by atoms with van der Waals surface area (Å²) >= 11 is 0. The summed E-state index contributed by atoms with van der Waals surface area (Å²) in [7, 11) is 7.59. The molecule has 0 atom stereocenters. The molecule has 0 radical (unpaired) electrons. The average Bonchev–Trinajstić information content (AvgIpc) is 3.01. The summed E-state index contributed by atoms with van der Waals surface area (Å²) in [6.45, 7) is 0. The lowest BCUT2D eigenvalue weighted by Crippen LogP contribution is -2.33. The van der Waals surface area contributed by atoms with Gasteiger partial charge < -0.3 is 14.2 Å². The Balaban J connectivity index is 1.17. The predicted octanol–water partition coefficient (Wildman–Crippen LogP) is 6.63. The first-order valence-corrected chi connectivity index (χ1v) is 13.8. The number of aryl methyl sites for hydroxylation is 2. The SMILES string of the molecule is COc1ccc2cc[n+](C)c(Cc3ccc(Oc4ccc(Cc5c6cc(OC)ccc6cc[n+]5C)cc4)cc3)c2c1. The zero-order valence-electron chi connectivity index (χ0n) is 23.9. The molecule has 4 aromatic carbocycles. The number of nitrogens with zero attached hydrogens (tertiary/aromatic N) is 2. The maximum absolute atomic E-state index is 6.19. The second-order valence-electron chi connectivity index (χ2n) is 10.4. The molecule has 0 N–H and O–H groups in total. The highest BCUT2D eigenvalue weighted by Gasteiger charge is 2.16. The number of pyridine rings is 2. The molecule has 6 rings (SSSR count). The summed E-state index contributed by atoms with van der Waals surface area (Å²) in [6.07, 6.45) is 5.85. The summed E-state index contributed by atoms with van der Waals surface area (Å²) in [5.41, 5.74) is 4.92. The van der Waals surface area contributed by atoms with Gasteiger partial charge in [0.15, 0.2) is 23.8 Å². The molecule has 0 aliphatic rings. The van der Waals surface area contributed by atoms with Crippen LogP contribution < -0.4 is 23.3 Å². The minimum absolute atomic E-state index is 0.813. The van der Waals surface area contributed by atoms with Gasteiger partial charge in [-0.05, 0) is 70.4 Å². The second-order valence-corrected chi connectivity index (χ2v) is 10.4. The van der Waals surface area contributed by atoms with Crippen LogP contribution in [0.5, 0.6) is 23.0 Å². The standard InChI is InChI=1S/C36H34N2O3/c1-37-19-17-27-9-15-31(39-3)23-33(27)35(37)21-25-5-11-29(12-6-25)41-30-13-7-26(8-14-30)22-36-34-24-32(40-4)16-10-28(34)18-20-38(36)2/h5-20,23-24H,21-22H2,1-4H3/q+2. The first kappa shape index (κ1) is 26.3. The molecule has 2 aromatic heterocycles. The highest BCUT2D eigenvalue weighted by molar-refractivity contribution is 5.86. The number of hydrogen-bond acceptors (Lipinski definition) is 3. The molecule has 0 aliphatic carbocycles. The maximum Gasteiger partial charge on any atom is 0.193 e. The number of benzene rings is 4. The zero-order valence-corrected chi connectivity index (χ0v) is 23.9. The molecule has 0 aliphatic heterocycles. The Morgan fingerprint density at radius 3 is 1.27 bits per heavy atom. The molecular formula is C36H34N2O3+2. The van der Waals surface area contributed by atoms with Gasteiger partial charge in [0.1, 0.15) is 37.1 Å². The van der Waals surface area contributed by atoms with E-state index in [0.29, 0.717) is 0 Å². The monoisotopic (exact) mass is 542 g/mol. The molecule has 204 valence electrons. The molecule has 6 aromatic rings. The van der Waals surface area contributed by atoms with Crippen molar-refractivity contribution in [3.05, 3.63) is 132 Å². The molecule has 0 saturated carbocycles. The first-order valence-electron chi connectivity index (χ1n) is 13.8. The zero-order chi connectivity index (χ0) is 28.3. The molecule has 5 heteroatoms. The average molecular weight is 543 g/mol. The lowest BCUT2D eigenvalue weighted by molar-refractivity contribution is -0.677. The quantitative estimate of drug-likeness (QED) is 0.203. The highest BCUT2D eigenvalue weighted by atomic mass is 16.5. The largest absolute Gasteiger partial charge is 0.497 e. The van der Waals surface area contributed by atoms with E-state index in [9.17, 15) is 0 Å². The Morgan fingerprint density at radius 2 is 0.878 bits per heavy atom. The first-order chi connectivity index (χ1) is 20.0. The molecule has 0 spiro atoms. The van der Waals surface area contributed by atoms with Crippen molar-refractivity contribution in [2.45, 2.75) is 12.8 Å². The number of fused-ring (bicyclic) bond motifs is 2. The molecule has 0 saturated heterocycles. The minimum Gasteiger partial charge on any atom is -0.497 e. The van der Waals surface area contributed by atoms with Crippen LogP contribution in [0.2, 0.25) is 0 Å². The van der Waals surface area contributed by atoms with Crippen LogP contribution in [0, 0.1) is 0 Å². The molecular weight excluding hydrogens is 508 g/mol. The molecule has 0 amide bonds. The molecule has 0 fully saturated rings. The van der Waals surface area contributed by atoms with Gasteiger partial charge in [0.05, 0.1) is 37.8 Å². The third kappa shape index (κ3) is 5.57. The number of methoxy groups -OCH3 is 2. The summed E-state index contributed by atoms with van der Waals surface area (Å²) < 4.78 is 21.5. The van der Waals surface area contributed by atoms with Crippen molar-refractivity contribution in [1.29, 1.82) is 0 Å². The van der Waals surface area contributed by atoms with E-state index in [1.165, 1.54) is 44.1 Å². The van der Waals surface area contributed by atoms with Gasteiger partial charge in [-0.25, -0.2) is 9.13 Å². The Morgan fingerprint density at radius 1 is 0.488 bits per heavy atom. The Kier molecular flexibility index (Phi) is 7.26. The molecule has 0 bridgehead atoms. The Bertz CT molecular complexity index is 1710. The predicted molar refractivity (Wildman–Crippen MR) is 162 cm³/mol. The van der Waals surface area contributed by atoms with Gasteiger partial charge in [0.2, 0.25) is 0 Å². The van der Waals surface area contributed by atoms with Gasteiger partial charge in [-0.15, -0.1) is 0 Å². The van der Waals surface area contributed by atoms with Gasteiger partial charge in [-0.1, -0.05) is 36.4 Å². The summed E-state index contributed by atoms with van der Waals surface area (Å²) in [5.74, 6) is 3.37. The second kappa shape index (κ2) is 11.3. The number of aromatic nitrogens is 2. The van der Waals surface area contributed by atoms with Crippen LogP contribution >= 0.6 is 0 Å². The van der Waals surface area contributed by atoms with Crippen molar-refractivity contribution < 1.29 is 23.3 Å². The van der Waals surface area contributed by atoms with Crippen LogP contribution in [-0.2, 0) is 26.9 Å². The van der Waals surface area contributed by atoms with Crippen LogP contribution in [-0.4, -0.2) is 14.2 Å². The van der Waals surface area contributed by atoms with Crippen LogP contribution in [0.4, 0.5) is 0 Å². The van der Waals surface area contributed by atoms with E-state index in [0.717, 1.165) is 35.8 Å². The van der Waals surface area contributed by atoms with Gasteiger partial charge in [0.25, 0.3) is 0 Å². The summed E-state index contributed by atoms with van der Waals surface area (Å²) in [6, 6.07) is 33.4.